The molecule has 0 saturated carbocycles. The molecule has 2 nitrogen and oxygen atoms in total. The maximum atomic E-state index is 12.6. The Morgan fingerprint density at radius 2 is 1.71 bits per heavy atom. The molecule has 2 aromatic carbocycles. The molecule has 1 N–H and O–H groups in total. The van der Waals surface area contributed by atoms with Crippen LogP contribution in [0, 0.1) is 0 Å². The molecule has 0 radical (unpaired) electrons. The van der Waals surface area contributed by atoms with Gasteiger partial charge in [0, 0.05) is 22.5 Å². The zero-order valence-corrected chi connectivity index (χ0v) is 15.9. The average molecular weight is 388 g/mol. The van der Waals surface area contributed by atoms with E-state index in [4.69, 9.17) is 0 Å². The molecule has 0 aliphatic carbocycles. The first kappa shape index (κ1) is 18.9. The topological polar surface area (TPSA) is 29.1 Å². The van der Waals surface area contributed by atoms with Crippen molar-refractivity contribution < 1.29 is 4.79 Å². The highest BCUT2D eigenvalue weighted by Crippen LogP contribution is 2.20. The largest absolute Gasteiger partial charge is 0.310 e. The van der Waals surface area contributed by atoms with Gasteiger partial charge in [0.05, 0.1) is 0 Å². The van der Waals surface area contributed by atoms with Gasteiger partial charge in [0.15, 0.2) is 5.78 Å². The van der Waals surface area contributed by atoms with Crippen molar-refractivity contribution in [1.82, 2.24) is 5.32 Å². The van der Waals surface area contributed by atoms with Gasteiger partial charge < -0.3 is 5.32 Å². The van der Waals surface area contributed by atoms with Crippen LogP contribution >= 0.6 is 15.9 Å². The lowest BCUT2D eigenvalue weighted by molar-refractivity contribution is 0.0968. The van der Waals surface area contributed by atoms with Crippen LogP contribution < -0.4 is 5.32 Å². The Balaban J connectivity index is 1.99. The highest BCUT2D eigenvalue weighted by molar-refractivity contribution is 9.10. The highest BCUT2D eigenvalue weighted by atomic mass is 79.9. The van der Waals surface area contributed by atoms with Crippen molar-refractivity contribution in [2.24, 2.45) is 0 Å². The summed E-state index contributed by atoms with van der Waals surface area (Å²) in [7, 11) is 0. The molecule has 0 aromatic heterocycles. The van der Waals surface area contributed by atoms with E-state index in [1.807, 2.05) is 42.5 Å². The van der Waals surface area contributed by atoms with Crippen LogP contribution in [-0.4, -0.2) is 12.3 Å². The fourth-order valence-corrected chi connectivity index (χ4v) is 3.02. The molecular weight excluding hydrogens is 362 g/mol. The van der Waals surface area contributed by atoms with Crippen LogP contribution in [0.4, 0.5) is 0 Å². The number of nitrogens with one attached hydrogen (secondary N) is 1. The van der Waals surface area contributed by atoms with Gasteiger partial charge in [-0.25, -0.2) is 0 Å². The highest BCUT2D eigenvalue weighted by Gasteiger charge is 2.16. The van der Waals surface area contributed by atoms with Gasteiger partial charge in [0.1, 0.15) is 0 Å². The Hall–Kier alpha value is -1.45. The van der Waals surface area contributed by atoms with Crippen LogP contribution in [0.3, 0.4) is 0 Å². The summed E-state index contributed by atoms with van der Waals surface area (Å²) in [5.74, 6) is 0.178. The molecule has 128 valence electrons. The number of unbranched alkanes of at least 4 members (excludes halogenated alkanes) is 3. The minimum atomic E-state index is 0.0731. The summed E-state index contributed by atoms with van der Waals surface area (Å²) < 4.78 is 0.993. The van der Waals surface area contributed by atoms with E-state index in [0.717, 1.165) is 23.0 Å². The number of benzene rings is 2. The summed E-state index contributed by atoms with van der Waals surface area (Å²) in [6, 6.07) is 18.0. The number of ketones is 1. The number of Topliss-reactive ketones (excluding diaryl/α,β-unsaturated/α-hetero) is 1. The lowest BCUT2D eigenvalue weighted by Gasteiger charge is -2.19. The quantitative estimate of drug-likeness (QED) is 0.404. The molecule has 1 atom stereocenters. The molecular formula is C21H26BrNO. The fourth-order valence-electron chi connectivity index (χ4n) is 2.76. The fraction of sp³-hybridized carbons (Fsp3) is 0.381. The Morgan fingerprint density at radius 1 is 1.00 bits per heavy atom. The molecule has 0 saturated heterocycles. The second-order valence-corrected chi connectivity index (χ2v) is 7.03. The van der Waals surface area contributed by atoms with Gasteiger partial charge in [-0.2, -0.15) is 0 Å². The van der Waals surface area contributed by atoms with Gasteiger partial charge in [0.2, 0.25) is 0 Å². The predicted molar refractivity (Wildman–Crippen MR) is 104 cm³/mol. The van der Waals surface area contributed by atoms with Gasteiger partial charge >= 0.3 is 0 Å². The lowest BCUT2D eigenvalue weighted by Crippen LogP contribution is -2.25. The number of carbonyl (C=O) groups is 1. The van der Waals surface area contributed by atoms with E-state index in [1.54, 1.807) is 0 Å². The lowest BCUT2D eigenvalue weighted by atomic mass is 9.97. The van der Waals surface area contributed by atoms with Crippen molar-refractivity contribution >= 4 is 21.7 Å². The van der Waals surface area contributed by atoms with Crippen LogP contribution in [0.2, 0.25) is 0 Å². The molecule has 0 aliphatic heterocycles. The van der Waals surface area contributed by atoms with E-state index in [0.29, 0.717) is 6.42 Å². The van der Waals surface area contributed by atoms with Gasteiger partial charge in [0.25, 0.3) is 0 Å². The standard InChI is InChI=1S/C21H26BrNO/c1-2-3-4-8-15-23-20(17-9-6-5-7-10-17)16-21(24)18-11-13-19(22)14-12-18/h5-7,9-14,20,23H,2-4,8,15-16H2,1H3. The first-order valence-electron chi connectivity index (χ1n) is 8.77. The van der Waals surface area contributed by atoms with Crippen LogP contribution in [-0.2, 0) is 0 Å². The maximum absolute atomic E-state index is 12.6. The van der Waals surface area contributed by atoms with Crippen LogP contribution in [0.1, 0.15) is 61.0 Å². The Kier molecular flexibility index (Phi) is 8.20. The molecule has 0 amide bonds. The summed E-state index contributed by atoms with van der Waals surface area (Å²) in [6.07, 6.45) is 5.40. The van der Waals surface area contributed by atoms with Gasteiger partial charge in [-0.1, -0.05) is 84.6 Å². The molecule has 0 spiro atoms. The summed E-state index contributed by atoms with van der Waals surface area (Å²) in [4.78, 5) is 12.6. The third-order valence-electron chi connectivity index (χ3n) is 4.18. The number of rotatable bonds is 10. The molecule has 24 heavy (non-hydrogen) atoms. The normalized spacial score (nSPS) is 12.1. The van der Waals surface area contributed by atoms with E-state index in [1.165, 1.54) is 24.8 Å². The van der Waals surface area contributed by atoms with Crippen LogP contribution in [0.25, 0.3) is 0 Å². The third-order valence-corrected chi connectivity index (χ3v) is 4.71. The number of carbonyl (C=O) groups excluding carboxylic acids is 1. The Morgan fingerprint density at radius 3 is 2.38 bits per heavy atom. The van der Waals surface area contributed by atoms with Crippen molar-refractivity contribution in [3.05, 3.63) is 70.2 Å². The average Bonchev–Trinajstić information content (AvgIpc) is 2.61. The zero-order chi connectivity index (χ0) is 17.2. The second-order valence-electron chi connectivity index (χ2n) is 6.11. The maximum Gasteiger partial charge on any atom is 0.164 e. The monoisotopic (exact) mass is 387 g/mol. The molecule has 0 fully saturated rings. The van der Waals surface area contributed by atoms with Crippen LogP contribution in [0.5, 0.6) is 0 Å². The van der Waals surface area contributed by atoms with Crippen molar-refractivity contribution in [2.45, 2.75) is 45.1 Å². The third kappa shape index (κ3) is 6.21. The molecule has 1 unspecified atom stereocenters. The van der Waals surface area contributed by atoms with Crippen molar-refractivity contribution in [3.8, 4) is 0 Å². The van der Waals surface area contributed by atoms with Crippen molar-refractivity contribution in [1.29, 1.82) is 0 Å². The number of hydrogen-bond donors (Lipinski definition) is 1. The van der Waals surface area contributed by atoms with E-state index in [-0.39, 0.29) is 11.8 Å². The molecule has 0 heterocycles. The molecule has 3 heteroatoms. The predicted octanol–water partition coefficient (Wildman–Crippen LogP) is 5.93. The van der Waals surface area contributed by atoms with Crippen molar-refractivity contribution in [2.75, 3.05) is 6.54 Å². The number of halogens is 1. The first-order valence-corrected chi connectivity index (χ1v) is 9.57. The van der Waals surface area contributed by atoms with E-state index < -0.39 is 0 Å². The molecule has 2 rings (SSSR count). The smallest absolute Gasteiger partial charge is 0.164 e. The van der Waals surface area contributed by atoms with Gasteiger partial charge in [-0.3, -0.25) is 4.79 Å². The Labute approximate surface area is 153 Å². The number of hydrogen-bond acceptors (Lipinski definition) is 2. The molecule has 2 aromatic rings. The Bertz CT molecular complexity index is 609. The van der Waals surface area contributed by atoms with E-state index in [2.05, 4.69) is 40.3 Å². The zero-order valence-electron chi connectivity index (χ0n) is 14.3. The van der Waals surface area contributed by atoms with E-state index in [9.17, 15) is 4.79 Å². The summed E-state index contributed by atoms with van der Waals surface area (Å²) in [5, 5.41) is 3.58. The molecule has 0 bridgehead atoms. The summed E-state index contributed by atoms with van der Waals surface area (Å²) >= 11 is 3.41. The summed E-state index contributed by atoms with van der Waals surface area (Å²) in [6.45, 7) is 3.17. The minimum absolute atomic E-state index is 0.0731. The van der Waals surface area contributed by atoms with Gasteiger partial charge in [-0.05, 0) is 30.7 Å². The SMILES string of the molecule is CCCCCCNC(CC(=O)c1ccc(Br)cc1)c1ccccc1. The van der Waals surface area contributed by atoms with E-state index >= 15 is 0 Å². The van der Waals surface area contributed by atoms with Crippen LogP contribution in [0.15, 0.2) is 59.1 Å². The molecule has 0 aliphatic rings. The first-order chi connectivity index (χ1) is 11.7. The summed E-state index contributed by atoms with van der Waals surface area (Å²) in [5.41, 5.74) is 1.95. The van der Waals surface area contributed by atoms with Gasteiger partial charge in [-0.15, -0.1) is 0 Å². The second kappa shape index (κ2) is 10.4. The van der Waals surface area contributed by atoms with Crippen molar-refractivity contribution in [3.63, 3.8) is 0 Å². The minimum Gasteiger partial charge on any atom is -0.310 e.